The van der Waals surface area contributed by atoms with Crippen molar-refractivity contribution in [1.29, 1.82) is 0 Å². The summed E-state index contributed by atoms with van der Waals surface area (Å²) in [5.41, 5.74) is 1.17. The van der Waals surface area contributed by atoms with Gasteiger partial charge >= 0.3 is 0 Å². The molecule has 1 atom stereocenters. The molecule has 2 aliphatic rings. The van der Waals surface area contributed by atoms with Gasteiger partial charge in [-0.1, -0.05) is 6.07 Å². The molecule has 0 spiro atoms. The van der Waals surface area contributed by atoms with Crippen molar-refractivity contribution < 1.29 is 14.6 Å². The maximum Gasteiger partial charge on any atom is 0.161 e. The number of hydrogen-bond donors (Lipinski definition) is 2. The van der Waals surface area contributed by atoms with Crippen LogP contribution in [0.3, 0.4) is 0 Å². The third-order valence-electron chi connectivity index (χ3n) is 6.54. The van der Waals surface area contributed by atoms with Gasteiger partial charge in [-0.25, -0.2) is 0 Å². The summed E-state index contributed by atoms with van der Waals surface area (Å²) in [4.78, 5) is 7.08. The number of ether oxygens (including phenoxy) is 2. The SMILES string of the molecule is COc1ccc(CNCC2CCN(C)CC2)cc1OCC(O)CN1CCCN(C)CC1. The summed E-state index contributed by atoms with van der Waals surface area (Å²) in [5.74, 6) is 2.18. The monoisotopic (exact) mass is 434 g/mol. The molecular formula is C24H42N4O3. The van der Waals surface area contributed by atoms with Crippen molar-refractivity contribution in [1.82, 2.24) is 20.0 Å². The average Bonchev–Trinajstić information content (AvgIpc) is 2.97. The van der Waals surface area contributed by atoms with Crippen molar-refractivity contribution in [2.24, 2.45) is 5.92 Å². The number of piperidine rings is 1. The number of hydrogen-bond acceptors (Lipinski definition) is 7. The van der Waals surface area contributed by atoms with Gasteiger partial charge in [0.25, 0.3) is 0 Å². The lowest BCUT2D eigenvalue weighted by molar-refractivity contribution is 0.0685. The normalized spacial score (nSPS) is 21.0. The lowest BCUT2D eigenvalue weighted by Crippen LogP contribution is -2.37. The van der Waals surface area contributed by atoms with Crippen molar-refractivity contribution in [3.8, 4) is 11.5 Å². The Kier molecular flexibility index (Phi) is 9.87. The van der Waals surface area contributed by atoms with E-state index in [1.54, 1.807) is 7.11 Å². The zero-order valence-electron chi connectivity index (χ0n) is 19.7. The predicted octanol–water partition coefficient (Wildman–Crippen LogP) is 1.50. The summed E-state index contributed by atoms with van der Waals surface area (Å²) >= 11 is 0. The quantitative estimate of drug-likeness (QED) is 0.579. The molecule has 7 heteroatoms. The Morgan fingerprint density at radius 2 is 1.81 bits per heavy atom. The van der Waals surface area contributed by atoms with E-state index in [0.717, 1.165) is 51.6 Å². The van der Waals surface area contributed by atoms with Crippen LogP contribution in [0, 0.1) is 5.92 Å². The van der Waals surface area contributed by atoms with Crippen molar-refractivity contribution in [3.05, 3.63) is 23.8 Å². The van der Waals surface area contributed by atoms with Gasteiger partial charge < -0.3 is 29.7 Å². The van der Waals surface area contributed by atoms with E-state index in [0.29, 0.717) is 18.0 Å². The van der Waals surface area contributed by atoms with Crippen LogP contribution in [0.2, 0.25) is 0 Å². The molecule has 0 radical (unpaired) electrons. The molecule has 0 saturated carbocycles. The van der Waals surface area contributed by atoms with Crippen LogP contribution in [-0.2, 0) is 6.54 Å². The number of rotatable bonds is 10. The second kappa shape index (κ2) is 12.6. The third kappa shape index (κ3) is 8.24. The van der Waals surface area contributed by atoms with Gasteiger partial charge in [0, 0.05) is 26.2 Å². The lowest BCUT2D eigenvalue weighted by Gasteiger charge is -2.29. The molecule has 7 nitrogen and oxygen atoms in total. The summed E-state index contributed by atoms with van der Waals surface area (Å²) in [6, 6.07) is 6.07. The number of benzene rings is 1. The number of likely N-dealkylation sites (tertiary alicyclic amines) is 1. The molecule has 0 aromatic heterocycles. The van der Waals surface area contributed by atoms with Gasteiger partial charge in [-0.3, -0.25) is 4.90 Å². The Hall–Kier alpha value is -1.38. The number of β-amino-alcohol motifs (C(OH)–C–C–N with tert-alkyl or cyclic N) is 1. The van der Waals surface area contributed by atoms with Crippen LogP contribution >= 0.6 is 0 Å². The molecule has 0 amide bonds. The van der Waals surface area contributed by atoms with E-state index in [9.17, 15) is 5.11 Å². The molecule has 2 N–H and O–H groups in total. The van der Waals surface area contributed by atoms with Crippen LogP contribution in [0.5, 0.6) is 11.5 Å². The molecule has 2 heterocycles. The highest BCUT2D eigenvalue weighted by Crippen LogP contribution is 2.28. The molecule has 2 fully saturated rings. The number of aliphatic hydroxyl groups is 1. The van der Waals surface area contributed by atoms with Gasteiger partial charge in [-0.05, 0) is 89.7 Å². The smallest absolute Gasteiger partial charge is 0.161 e. The lowest BCUT2D eigenvalue weighted by atomic mass is 9.97. The summed E-state index contributed by atoms with van der Waals surface area (Å²) in [5, 5.41) is 14.1. The van der Waals surface area contributed by atoms with Gasteiger partial charge in [0.2, 0.25) is 0 Å². The van der Waals surface area contributed by atoms with Crippen LogP contribution in [0.25, 0.3) is 0 Å². The molecule has 31 heavy (non-hydrogen) atoms. The van der Waals surface area contributed by atoms with Crippen molar-refractivity contribution in [3.63, 3.8) is 0 Å². The van der Waals surface area contributed by atoms with E-state index in [4.69, 9.17) is 9.47 Å². The van der Waals surface area contributed by atoms with Crippen LogP contribution in [0.1, 0.15) is 24.8 Å². The second-order valence-corrected chi connectivity index (χ2v) is 9.29. The van der Waals surface area contributed by atoms with E-state index in [1.165, 1.54) is 31.5 Å². The Bertz CT molecular complexity index is 652. The highest BCUT2D eigenvalue weighted by atomic mass is 16.5. The fourth-order valence-corrected chi connectivity index (χ4v) is 4.45. The number of likely N-dealkylation sites (N-methyl/N-ethyl adjacent to an activating group) is 1. The van der Waals surface area contributed by atoms with Gasteiger partial charge in [0.15, 0.2) is 11.5 Å². The van der Waals surface area contributed by atoms with Gasteiger partial charge in [0.05, 0.1) is 7.11 Å². The molecule has 1 aromatic carbocycles. The minimum atomic E-state index is -0.515. The maximum atomic E-state index is 10.5. The molecule has 176 valence electrons. The van der Waals surface area contributed by atoms with E-state index < -0.39 is 6.10 Å². The second-order valence-electron chi connectivity index (χ2n) is 9.29. The van der Waals surface area contributed by atoms with Crippen molar-refractivity contribution in [2.75, 3.05) is 80.2 Å². The van der Waals surface area contributed by atoms with E-state index >= 15 is 0 Å². The van der Waals surface area contributed by atoms with Gasteiger partial charge in [0.1, 0.15) is 12.7 Å². The molecule has 1 unspecified atom stereocenters. The summed E-state index contributed by atoms with van der Waals surface area (Å²) < 4.78 is 11.5. The number of methoxy groups -OCH3 is 1. The highest BCUT2D eigenvalue weighted by Gasteiger charge is 2.18. The first-order valence-electron chi connectivity index (χ1n) is 11.8. The first-order valence-corrected chi connectivity index (χ1v) is 11.8. The van der Waals surface area contributed by atoms with Gasteiger partial charge in [-0.15, -0.1) is 0 Å². The minimum Gasteiger partial charge on any atom is -0.493 e. The molecule has 2 saturated heterocycles. The van der Waals surface area contributed by atoms with Crippen LogP contribution in [0.15, 0.2) is 18.2 Å². The third-order valence-corrected chi connectivity index (χ3v) is 6.54. The standard InChI is InChI=1S/C24H42N4O3/c1-26-9-4-10-28(14-13-26)18-22(29)19-31-24-15-21(5-6-23(24)30-3)17-25-16-20-7-11-27(2)12-8-20/h5-6,15,20,22,25,29H,4,7-14,16-19H2,1-3H3. The maximum absolute atomic E-state index is 10.5. The summed E-state index contributed by atoms with van der Waals surface area (Å²) in [7, 11) is 6.02. The zero-order valence-corrected chi connectivity index (χ0v) is 19.7. The Balaban J connectivity index is 1.44. The Morgan fingerprint density at radius 1 is 1.03 bits per heavy atom. The van der Waals surface area contributed by atoms with E-state index in [1.807, 2.05) is 12.1 Å². The molecular weight excluding hydrogens is 392 g/mol. The highest BCUT2D eigenvalue weighted by molar-refractivity contribution is 5.43. The molecule has 3 rings (SSSR count). The molecule has 0 bridgehead atoms. The number of nitrogens with one attached hydrogen (secondary N) is 1. The van der Waals surface area contributed by atoms with Crippen LogP contribution in [0.4, 0.5) is 0 Å². The van der Waals surface area contributed by atoms with E-state index in [-0.39, 0.29) is 6.61 Å². The van der Waals surface area contributed by atoms with Gasteiger partial charge in [-0.2, -0.15) is 0 Å². The first-order chi connectivity index (χ1) is 15.0. The zero-order chi connectivity index (χ0) is 22.1. The predicted molar refractivity (Wildman–Crippen MR) is 125 cm³/mol. The van der Waals surface area contributed by atoms with Crippen LogP contribution < -0.4 is 14.8 Å². The molecule has 2 aliphatic heterocycles. The fraction of sp³-hybridized carbons (Fsp3) is 0.750. The average molecular weight is 435 g/mol. The largest absolute Gasteiger partial charge is 0.493 e. The first kappa shape index (κ1) is 24.3. The topological polar surface area (TPSA) is 60.4 Å². The van der Waals surface area contributed by atoms with E-state index in [2.05, 4.69) is 40.2 Å². The van der Waals surface area contributed by atoms with Crippen molar-refractivity contribution in [2.45, 2.75) is 31.9 Å². The number of nitrogens with zero attached hydrogens (tertiary/aromatic N) is 3. The Morgan fingerprint density at radius 3 is 2.58 bits per heavy atom. The summed E-state index contributed by atoms with van der Waals surface area (Å²) in [6.07, 6.45) is 3.17. The Labute approximate surface area is 188 Å². The molecule has 0 aliphatic carbocycles. The minimum absolute atomic E-state index is 0.273. The van der Waals surface area contributed by atoms with Crippen LogP contribution in [-0.4, -0.2) is 106 Å². The van der Waals surface area contributed by atoms with Crippen molar-refractivity contribution >= 4 is 0 Å². The number of aliphatic hydroxyl groups excluding tert-OH is 1. The summed E-state index contributed by atoms with van der Waals surface area (Å²) in [6.45, 7) is 9.39. The fourth-order valence-electron chi connectivity index (χ4n) is 4.45. The molecule has 1 aromatic rings.